The fraction of sp³-hybridized carbons (Fsp3) is 0.0952. The maximum Gasteiger partial charge on any atom is 0.258 e. The Hall–Kier alpha value is -3.18. The summed E-state index contributed by atoms with van der Waals surface area (Å²) in [5, 5.41) is 23.1. The second-order valence-corrected chi connectivity index (χ2v) is 6.79. The summed E-state index contributed by atoms with van der Waals surface area (Å²) >= 11 is 6.04. The molecule has 136 valence electrons. The van der Waals surface area contributed by atoms with Gasteiger partial charge < -0.3 is 20.4 Å². The fourth-order valence-corrected chi connectivity index (χ4v) is 3.48. The summed E-state index contributed by atoms with van der Waals surface area (Å²) in [4.78, 5) is 14.9. The summed E-state index contributed by atoms with van der Waals surface area (Å²) in [5.74, 6) is -0.829. The lowest BCUT2D eigenvalue weighted by molar-refractivity contribution is 0.0666. The third-order valence-corrected chi connectivity index (χ3v) is 4.89. The van der Waals surface area contributed by atoms with Crippen LogP contribution in [0.15, 0.2) is 66.7 Å². The quantitative estimate of drug-likeness (QED) is 0.584. The maximum atomic E-state index is 13.2. The van der Waals surface area contributed by atoms with Crippen molar-refractivity contribution in [1.29, 1.82) is 0 Å². The molecule has 4 rings (SSSR count). The van der Waals surface area contributed by atoms with Crippen molar-refractivity contribution in [2.45, 2.75) is 12.7 Å². The summed E-state index contributed by atoms with van der Waals surface area (Å²) in [6, 6.07) is 19.9. The molecule has 1 atom stereocenters. The van der Waals surface area contributed by atoms with Crippen LogP contribution in [0.25, 0.3) is 0 Å². The van der Waals surface area contributed by atoms with Crippen LogP contribution in [0.3, 0.4) is 0 Å². The molecule has 3 N–H and O–H groups in total. The zero-order valence-corrected chi connectivity index (χ0v) is 15.0. The Balaban J connectivity index is 1.80. The number of amides is 1. The lowest BCUT2D eigenvalue weighted by Crippen LogP contribution is -2.42. The molecular weight excluding hydrogens is 364 g/mol. The second kappa shape index (κ2) is 6.85. The topological polar surface area (TPSA) is 72.8 Å². The van der Waals surface area contributed by atoms with E-state index >= 15 is 0 Å². The summed E-state index contributed by atoms with van der Waals surface area (Å²) in [5.41, 5.74) is 2.85. The molecule has 6 heteroatoms. The first kappa shape index (κ1) is 17.2. The smallest absolute Gasteiger partial charge is 0.258 e. The number of nitrogens with zero attached hydrogens (tertiary/aromatic N) is 1. The second-order valence-electron chi connectivity index (χ2n) is 6.38. The number of benzene rings is 3. The summed E-state index contributed by atoms with van der Waals surface area (Å²) in [6.07, 6.45) is -0.545. The first-order valence-electron chi connectivity index (χ1n) is 8.46. The zero-order chi connectivity index (χ0) is 19.0. The van der Waals surface area contributed by atoms with Gasteiger partial charge in [-0.25, -0.2) is 0 Å². The number of phenols is 2. The van der Waals surface area contributed by atoms with E-state index in [1.165, 1.54) is 6.07 Å². The Labute approximate surface area is 161 Å². The number of rotatable bonds is 3. The van der Waals surface area contributed by atoms with Crippen LogP contribution in [0.5, 0.6) is 11.5 Å². The van der Waals surface area contributed by atoms with Crippen molar-refractivity contribution < 1.29 is 15.0 Å². The number of phenolic OH excluding ortho intramolecular Hbond substituents is 2. The van der Waals surface area contributed by atoms with Crippen LogP contribution in [-0.4, -0.2) is 21.0 Å². The number of halogens is 1. The predicted molar refractivity (Wildman–Crippen MR) is 104 cm³/mol. The van der Waals surface area contributed by atoms with E-state index in [-0.39, 0.29) is 22.4 Å². The molecule has 1 unspecified atom stereocenters. The standard InChI is InChI=1S/C21H17ClN2O3/c22-16-10-14(11-18(25)19(16)26)20-23-17-9-5-4-8-15(17)21(27)24(20)12-13-6-2-1-3-7-13/h1-11,20,23,25-26H,12H2. The van der Waals surface area contributed by atoms with E-state index in [0.29, 0.717) is 23.4 Å². The van der Waals surface area contributed by atoms with Crippen molar-refractivity contribution in [3.05, 3.63) is 88.4 Å². The van der Waals surface area contributed by atoms with Gasteiger partial charge in [-0.15, -0.1) is 0 Å². The average molecular weight is 381 g/mol. The predicted octanol–water partition coefficient (Wildman–Crippen LogP) is 4.52. The number of fused-ring (bicyclic) bond motifs is 1. The SMILES string of the molecule is O=C1c2ccccc2NC(c2cc(O)c(O)c(Cl)c2)N1Cc1ccccc1. The van der Waals surface area contributed by atoms with Crippen molar-refractivity contribution in [1.82, 2.24) is 4.90 Å². The number of para-hydroxylation sites is 1. The minimum absolute atomic E-state index is 0.0257. The van der Waals surface area contributed by atoms with Crippen LogP contribution < -0.4 is 5.32 Å². The third-order valence-electron chi connectivity index (χ3n) is 4.60. The Morgan fingerprint density at radius 1 is 1.00 bits per heavy atom. The molecule has 0 saturated carbocycles. The summed E-state index contributed by atoms with van der Waals surface area (Å²) in [6.45, 7) is 0.380. The molecule has 0 aromatic heterocycles. The van der Waals surface area contributed by atoms with Crippen LogP contribution in [0.4, 0.5) is 5.69 Å². The Morgan fingerprint density at radius 3 is 2.44 bits per heavy atom. The molecule has 1 aliphatic heterocycles. The normalized spacial score (nSPS) is 16.0. The van der Waals surface area contributed by atoms with Crippen molar-refractivity contribution in [2.75, 3.05) is 5.32 Å². The zero-order valence-electron chi connectivity index (χ0n) is 14.3. The maximum absolute atomic E-state index is 13.2. The third kappa shape index (κ3) is 3.17. The van der Waals surface area contributed by atoms with Crippen molar-refractivity contribution in [3.8, 4) is 11.5 Å². The summed E-state index contributed by atoms with van der Waals surface area (Å²) < 4.78 is 0. The molecule has 27 heavy (non-hydrogen) atoms. The van der Waals surface area contributed by atoms with Gasteiger partial charge in [0.15, 0.2) is 11.5 Å². The number of nitrogens with one attached hydrogen (secondary N) is 1. The van der Waals surface area contributed by atoms with Crippen LogP contribution in [0.1, 0.15) is 27.7 Å². The molecule has 1 aliphatic rings. The van der Waals surface area contributed by atoms with E-state index in [0.717, 1.165) is 5.56 Å². The first-order valence-corrected chi connectivity index (χ1v) is 8.84. The van der Waals surface area contributed by atoms with E-state index in [1.54, 1.807) is 17.0 Å². The van der Waals surface area contributed by atoms with Crippen molar-refractivity contribution in [3.63, 3.8) is 0 Å². The van der Waals surface area contributed by atoms with E-state index in [1.807, 2.05) is 48.5 Å². The van der Waals surface area contributed by atoms with Crippen molar-refractivity contribution in [2.24, 2.45) is 0 Å². The molecule has 0 saturated heterocycles. The molecule has 5 nitrogen and oxygen atoms in total. The molecule has 0 bridgehead atoms. The highest BCUT2D eigenvalue weighted by molar-refractivity contribution is 6.32. The number of carbonyl (C=O) groups excluding carboxylic acids is 1. The Kier molecular flexibility index (Phi) is 4.38. The van der Waals surface area contributed by atoms with E-state index < -0.39 is 6.17 Å². The molecule has 1 amide bonds. The molecule has 0 spiro atoms. The molecule has 0 radical (unpaired) electrons. The van der Waals surface area contributed by atoms with Gasteiger partial charge in [0.1, 0.15) is 6.17 Å². The van der Waals surface area contributed by atoms with Gasteiger partial charge in [0, 0.05) is 17.8 Å². The lowest BCUT2D eigenvalue weighted by Gasteiger charge is -2.38. The van der Waals surface area contributed by atoms with Crippen molar-refractivity contribution >= 4 is 23.2 Å². The molecule has 1 heterocycles. The monoisotopic (exact) mass is 380 g/mol. The molecule has 3 aromatic carbocycles. The fourth-order valence-electron chi connectivity index (χ4n) is 3.26. The number of hydrogen-bond donors (Lipinski definition) is 3. The van der Waals surface area contributed by atoms with E-state index in [9.17, 15) is 15.0 Å². The van der Waals surface area contributed by atoms with Gasteiger partial charge in [-0.2, -0.15) is 0 Å². The first-order chi connectivity index (χ1) is 13.0. The average Bonchev–Trinajstić information content (AvgIpc) is 2.68. The van der Waals surface area contributed by atoms with E-state index in [4.69, 9.17) is 11.6 Å². The minimum atomic E-state index is -0.545. The molecule has 3 aromatic rings. The summed E-state index contributed by atoms with van der Waals surface area (Å²) in [7, 11) is 0. The lowest BCUT2D eigenvalue weighted by atomic mass is 10.0. The van der Waals surface area contributed by atoms with Crippen LogP contribution in [0.2, 0.25) is 5.02 Å². The van der Waals surface area contributed by atoms with E-state index in [2.05, 4.69) is 5.32 Å². The van der Waals surface area contributed by atoms with Gasteiger partial charge in [0.2, 0.25) is 0 Å². The highest BCUT2D eigenvalue weighted by Gasteiger charge is 2.33. The largest absolute Gasteiger partial charge is 0.504 e. The van der Waals surface area contributed by atoms with Gasteiger partial charge in [-0.05, 0) is 29.8 Å². The number of aromatic hydroxyl groups is 2. The Morgan fingerprint density at radius 2 is 1.70 bits per heavy atom. The number of anilines is 1. The number of hydrogen-bond acceptors (Lipinski definition) is 4. The molecule has 0 fully saturated rings. The van der Waals surface area contributed by atoms with Gasteiger partial charge in [0.05, 0.1) is 10.6 Å². The highest BCUT2D eigenvalue weighted by Crippen LogP contribution is 2.40. The van der Waals surface area contributed by atoms with Gasteiger partial charge in [-0.1, -0.05) is 54.1 Å². The number of carbonyl (C=O) groups is 1. The van der Waals surface area contributed by atoms with Crippen LogP contribution >= 0.6 is 11.6 Å². The van der Waals surface area contributed by atoms with Gasteiger partial charge in [0.25, 0.3) is 5.91 Å². The Bertz CT molecular complexity index is 984. The molecular formula is C21H17ClN2O3. The minimum Gasteiger partial charge on any atom is -0.504 e. The van der Waals surface area contributed by atoms with Crippen LogP contribution in [-0.2, 0) is 6.54 Å². The molecule has 0 aliphatic carbocycles. The van der Waals surface area contributed by atoms with Gasteiger partial charge in [-0.3, -0.25) is 4.79 Å². The van der Waals surface area contributed by atoms with Crippen LogP contribution in [0, 0.1) is 0 Å². The van der Waals surface area contributed by atoms with Gasteiger partial charge >= 0.3 is 0 Å². The highest BCUT2D eigenvalue weighted by atomic mass is 35.5.